The number of thiazole rings is 1. The van der Waals surface area contributed by atoms with Gasteiger partial charge in [0, 0.05) is 47.4 Å². The van der Waals surface area contributed by atoms with Gasteiger partial charge in [-0.3, -0.25) is 9.59 Å². The lowest BCUT2D eigenvalue weighted by atomic mass is 10.1. The molecule has 6 rings (SSSR count). The summed E-state index contributed by atoms with van der Waals surface area (Å²) in [5, 5.41) is 16.3. The summed E-state index contributed by atoms with van der Waals surface area (Å²) < 4.78 is 12.1. The first-order valence-electron chi connectivity index (χ1n) is 14.9. The standard InChI is InChI=1S/C32H36N4O6S/c1-19-25(41-2)12-11-22-26(16-23(34-28(19)22)30-33-13-14-43-30)42-21-15-24-29(38)35-32(31(39)40)17-20(32)9-7-5-3-4-6-8-10-27(37)36(24)18-21/h7,9,11-14,16,20-21,24H,3-6,8,10,15,17-18H2,1-2H3,(H,35,38)(H,39,40)/b9-7+. The molecule has 1 saturated carbocycles. The lowest BCUT2D eigenvalue weighted by Gasteiger charge is -2.25. The van der Waals surface area contributed by atoms with E-state index < -0.39 is 29.6 Å². The monoisotopic (exact) mass is 604 g/mol. The minimum atomic E-state index is -1.33. The smallest absolute Gasteiger partial charge is 0.330 e. The fourth-order valence-electron chi connectivity index (χ4n) is 6.31. The van der Waals surface area contributed by atoms with E-state index in [1.54, 1.807) is 18.2 Å². The molecule has 4 unspecified atom stereocenters. The SMILES string of the molecule is COc1ccc2c(OC3CC4C(=O)NC5(C(=O)O)CC5/C=C/CCCCCCC(=O)N4C3)cc(-c3nccs3)nc2c1C. The van der Waals surface area contributed by atoms with E-state index in [0.717, 1.165) is 53.6 Å². The number of aromatic nitrogens is 2. The van der Waals surface area contributed by atoms with Crippen molar-refractivity contribution >= 4 is 40.0 Å². The summed E-state index contributed by atoms with van der Waals surface area (Å²) in [6.45, 7) is 2.17. The molecule has 4 atom stereocenters. The lowest BCUT2D eigenvalue weighted by molar-refractivity contribution is -0.145. The number of aliphatic carboxylic acids is 1. The van der Waals surface area contributed by atoms with Gasteiger partial charge in [-0.05, 0) is 44.7 Å². The number of aryl methyl sites for hydroxylation is 1. The van der Waals surface area contributed by atoms with Crippen molar-refractivity contribution in [3.8, 4) is 22.2 Å². The number of carboxylic acid groups (broad SMARTS) is 1. The molecule has 2 fully saturated rings. The lowest BCUT2D eigenvalue weighted by Crippen LogP contribution is -2.53. The number of nitrogens with zero attached hydrogens (tertiary/aromatic N) is 3. The number of carbonyl (C=O) groups excluding carboxylic acids is 2. The van der Waals surface area contributed by atoms with Crippen LogP contribution in [0.3, 0.4) is 0 Å². The number of allylic oxidation sites excluding steroid dienone is 1. The fourth-order valence-corrected chi connectivity index (χ4v) is 6.90. The maximum Gasteiger partial charge on any atom is 0.330 e. The Labute approximate surface area is 254 Å². The third-order valence-electron chi connectivity index (χ3n) is 8.82. The van der Waals surface area contributed by atoms with Crippen LogP contribution in [0.25, 0.3) is 21.6 Å². The Morgan fingerprint density at radius 3 is 2.79 bits per heavy atom. The predicted octanol–water partition coefficient (Wildman–Crippen LogP) is 4.89. The molecule has 2 N–H and O–H groups in total. The maximum atomic E-state index is 13.7. The second-order valence-electron chi connectivity index (χ2n) is 11.6. The Morgan fingerprint density at radius 1 is 1.19 bits per heavy atom. The van der Waals surface area contributed by atoms with Crippen molar-refractivity contribution in [2.75, 3.05) is 13.7 Å². The Bertz CT molecular complexity index is 1570. The van der Waals surface area contributed by atoms with E-state index in [0.29, 0.717) is 30.0 Å². The summed E-state index contributed by atoms with van der Waals surface area (Å²) in [5.74, 6) is -0.583. The molecule has 1 saturated heterocycles. The maximum absolute atomic E-state index is 13.7. The summed E-state index contributed by atoms with van der Waals surface area (Å²) in [6, 6.07) is 4.80. The minimum absolute atomic E-state index is 0.111. The summed E-state index contributed by atoms with van der Waals surface area (Å²) in [7, 11) is 1.62. The van der Waals surface area contributed by atoms with Crippen molar-refractivity contribution in [3.63, 3.8) is 0 Å². The molecule has 3 aromatic rings. The quantitative estimate of drug-likeness (QED) is 0.394. The number of ether oxygens (including phenoxy) is 2. The van der Waals surface area contributed by atoms with Crippen LogP contribution in [0.15, 0.2) is 41.9 Å². The first-order chi connectivity index (χ1) is 20.8. The Morgan fingerprint density at radius 2 is 2.02 bits per heavy atom. The topological polar surface area (TPSA) is 131 Å². The zero-order chi connectivity index (χ0) is 30.1. The van der Waals surface area contributed by atoms with Crippen LogP contribution in [-0.4, -0.2) is 69.1 Å². The Hall–Kier alpha value is -3.99. The Kier molecular flexibility index (Phi) is 8.09. The Balaban J connectivity index is 1.31. The number of fused-ring (bicyclic) bond motifs is 3. The van der Waals surface area contributed by atoms with Crippen LogP contribution in [0.4, 0.5) is 0 Å². The highest BCUT2D eigenvalue weighted by molar-refractivity contribution is 7.13. The van der Waals surface area contributed by atoms with Crippen molar-refractivity contribution in [3.05, 3.63) is 47.5 Å². The first-order valence-corrected chi connectivity index (χ1v) is 15.7. The molecule has 2 amide bonds. The molecular formula is C32H36N4O6S. The number of amides is 2. The number of nitrogens with one attached hydrogen (secondary N) is 1. The highest BCUT2D eigenvalue weighted by Gasteiger charge is 2.61. The molecule has 11 heteroatoms. The van der Waals surface area contributed by atoms with E-state index >= 15 is 0 Å². The zero-order valence-corrected chi connectivity index (χ0v) is 25.2. The van der Waals surface area contributed by atoms with Gasteiger partial charge < -0.3 is 24.8 Å². The van der Waals surface area contributed by atoms with Gasteiger partial charge in [0.1, 0.15) is 39.9 Å². The number of hydrogen-bond acceptors (Lipinski definition) is 8. The molecular weight excluding hydrogens is 568 g/mol. The largest absolute Gasteiger partial charge is 0.496 e. The average molecular weight is 605 g/mol. The van der Waals surface area contributed by atoms with E-state index in [4.69, 9.17) is 14.5 Å². The highest BCUT2D eigenvalue weighted by atomic mass is 32.1. The number of carbonyl (C=O) groups is 3. The predicted molar refractivity (Wildman–Crippen MR) is 162 cm³/mol. The molecule has 0 radical (unpaired) electrons. The normalized spacial score (nSPS) is 26.9. The number of carboxylic acids is 1. The second-order valence-corrected chi connectivity index (χ2v) is 12.5. The van der Waals surface area contributed by atoms with E-state index in [1.165, 1.54) is 11.3 Å². The fraction of sp³-hybridized carbons (Fsp3) is 0.469. The van der Waals surface area contributed by atoms with Crippen LogP contribution in [0.2, 0.25) is 0 Å². The van der Waals surface area contributed by atoms with Gasteiger partial charge >= 0.3 is 5.97 Å². The summed E-state index contributed by atoms with van der Waals surface area (Å²) in [4.78, 5) is 50.3. The van der Waals surface area contributed by atoms with E-state index in [9.17, 15) is 19.5 Å². The van der Waals surface area contributed by atoms with Crippen molar-refractivity contribution in [2.45, 2.75) is 76.0 Å². The van der Waals surface area contributed by atoms with Crippen LogP contribution in [0, 0.1) is 12.8 Å². The molecule has 3 aliphatic rings. The molecule has 226 valence electrons. The summed E-state index contributed by atoms with van der Waals surface area (Å²) in [5.41, 5.74) is 0.914. The number of pyridine rings is 1. The van der Waals surface area contributed by atoms with E-state index in [-0.39, 0.29) is 24.8 Å². The molecule has 10 nitrogen and oxygen atoms in total. The molecule has 43 heavy (non-hydrogen) atoms. The van der Waals surface area contributed by atoms with Crippen LogP contribution >= 0.6 is 11.3 Å². The van der Waals surface area contributed by atoms with Crippen molar-refractivity contribution < 1.29 is 29.0 Å². The molecule has 0 bridgehead atoms. The molecule has 1 aromatic carbocycles. The van der Waals surface area contributed by atoms with Gasteiger partial charge in [-0.1, -0.05) is 25.0 Å². The van der Waals surface area contributed by atoms with Crippen molar-refractivity contribution in [1.82, 2.24) is 20.2 Å². The van der Waals surface area contributed by atoms with Gasteiger partial charge in [0.25, 0.3) is 0 Å². The third-order valence-corrected chi connectivity index (χ3v) is 9.62. The molecule has 2 aromatic heterocycles. The van der Waals surface area contributed by atoms with Crippen LogP contribution in [0.5, 0.6) is 11.5 Å². The highest BCUT2D eigenvalue weighted by Crippen LogP contribution is 2.45. The number of hydrogen-bond donors (Lipinski definition) is 2. The van der Waals surface area contributed by atoms with Crippen molar-refractivity contribution in [2.24, 2.45) is 5.92 Å². The zero-order valence-electron chi connectivity index (χ0n) is 24.4. The van der Waals surface area contributed by atoms with E-state index in [2.05, 4.69) is 10.3 Å². The molecule has 2 aliphatic heterocycles. The number of rotatable bonds is 5. The summed E-state index contributed by atoms with van der Waals surface area (Å²) in [6.07, 6.45) is 10.6. The minimum Gasteiger partial charge on any atom is -0.496 e. The van der Waals surface area contributed by atoms with E-state index in [1.807, 2.05) is 42.7 Å². The van der Waals surface area contributed by atoms with Gasteiger partial charge in [0.2, 0.25) is 11.8 Å². The molecule has 0 spiro atoms. The van der Waals surface area contributed by atoms with Gasteiger partial charge in [-0.2, -0.15) is 0 Å². The second kappa shape index (κ2) is 11.9. The van der Waals surface area contributed by atoms with Gasteiger partial charge in [0.05, 0.1) is 19.2 Å². The first kappa shape index (κ1) is 29.1. The van der Waals surface area contributed by atoms with Gasteiger partial charge in [-0.25, -0.2) is 14.8 Å². The average Bonchev–Trinajstić information content (AvgIpc) is 3.32. The number of methoxy groups -OCH3 is 1. The van der Waals surface area contributed by atoms with Crippen LogP contribution < -0.4 is 14.8 Å². The molecule has 4 heterocycles. The third kappa shape index (κ3) is 5.70. The summed E-state index contributed by atoms with van der Waals surface area (Å²) >= 11 is 1.47. The molecule has 1 aliphatic carbocycles. The van der Waals surface area contributed by atoms with Gasteiger partial charge in [0.15, 0.2) is 0 Å². The van der Waals surface area contributed by atoms with Crippen LogP contribution in [-0.2, 0) is 14.4 Å². The van der Waals surface area contributed by atoms with Crippen LogP contribution in [0.1, 0.15) is 56.9 Å². The number of benzene rings is 1. The van der Waals surface area contributed by atoms with Gasteiger partial charge in [-0.15, -0.1) is 11.3 Å². The van der Waals surface area contributed by atoms with Crippen molar-refractivity contribution in [1.29, 1.82) is 0 Å².